The number of aromatic nitrogens is 2. The molecule has 27 heavy (non-hydrogen) atoms. The Balaban J connectivity index is 1.78. The molecule has 0 saturated heterocycles. The van der Waals surface area contributed by atoms with Gasteiger partial charge in [-0.05, 0) is 30.5 Å². The van der Waals surface area contributed by atoms with Gasteiger partial charge in [0.15, 0.2) is 0 Å². The third-order valence-electron chi connectivity index (χ3n) is 5.19. The van der Waals surface area contributed by atoms with Crippen LogP contribution in [-0.4, -0.2) is 34.0 Å². The van der Waals surface area contributed by atoms with Gasteiger partial charge in [0.25, 0.3) is 0 Å². The Morgan fingerprint density at radius 3 is 2.41 bits per heavy atom. The Kier molecular flexibility index (Phi) is 7.04. The minimum Gasteiger partial charge on any atom is -0.335 e. The summed E-state index contributed by atoms with van der Waals surface area (Å²) in [5.41, 5.74) is 1.69. The standard InChI is InChI=1S/C21H27ClN4O/c1-26(21(27)25-18-7-5-3-2-4-6-8-18)20(19-15-23-13-14-24-19)16-9-11-17(22)12-10-16/h9-15,18,20H,2-8H2,1H3,(H,25,27)/t20-/m1/s1. The van der Waals surface area contributed by atoms with Gasteiger partial charge in [-0.1, -0.05) is 55.8 Å². The number of rotatable bonds is 4. The lowest BCUT2D eigenvalue weighted by Gasteiger charge is -2.30. The quantitative estimate of drug-likeness (QED) is 0.806. The predicted molar refractivity (Wildman–Crippen MR) is 108 cm³/mol. The number of nitrogens with zero attached hydrogens (tertiary/aromatic N) is 3. The Hall–Kier alpha value is -2.14. The molecule has 1 heterocycles. The molecule has 144 valence electrons. The number of amides is 2. The maximum atomic E-state index is 13.0. The van der Waals surface area contributed by atoms with Crippen LogP contribution in [0.15, 0.2) is 42.9 Å². The van der Waals surface area contributed by atoms with Crippen molar-refractivity contribution in [2.75, 3.05) is 7.05 Å². The van der Waals surface area contributed by atoms with E-state index in [-0.39, 0.29) is 18.1 Å². The van der Waals surface area contributed by atoms with Crippen molar-refractivity contribution in [3.63, 3.8) is 0 Å². The first-order valence-electron chi connectivity index (χ1n) is 9.70. The highest BCUT2D eigenvalue weighted by Gasteiger charge is 2.26. The summed E-state index contributed by atoms with van der Waals surface area (Å²) in [4.78, 5) is 23.3. The van der Waals surface area contributed by atoms with Crippen LogP contribution in [0.3, 0.4) is 0 Å². The second-order valence-corrected chi connectivity index (χ2v) is 7.62. The lowest BCUT2D eigenvalue weighted by Crippen LogP contribution is -2.45. The van der Waals surface area contributed by atoms with Crippen LogP contribution in [0.1, 0.15) is 62.2 Å². The van der Waals surface area contributed by atoms with E-state index in [9.17, 15) is 4.79 Å². The molecule has 3 rings (SSSR count). The van der Waals surface area contributed by atoms with Gasteiger partial charge in [-0.3, -0.25) is 9.97 Å². The van der Waals surface area contributed by atoms with Gasteiger partial charge in [0.05, 0.1) is 11.9 Å². The van der Waals surface area contributed by atoms with E-state index in [4.69, 9.17) is 11.6 Å². The van der Waals surface area contributed by atoms with Crippen molar-refractivity contribution in [2.45, 2.75) is 57.0 Å². The van der Waals surface area contributed by atoms with Gasteiger partial charge >= 0.3 is 6.03 Å². The summed E-state index contributed by atoms with van der Waals surface area (Å²) in [7, 11) is 1.81. The van der Waals surface area contributed by atoms with Gasteiger partial charge in [-0.15, -0.1) is 0 Å². The summed E-state index contributed by atoms with van der Waals surface area (Å²) in [6.45, 7) is 0. The average molecular weight is 387 g/mol. The van der Waals surface area contributed by atoms with Crippen molar-refractivity contribution in [3.8, 4) is 0 Å². The van der Waals surface area contributed by atoms with Crippen LogP contribution in [0, 0.1) is 0 Å². The fourth-order valence-corrected chi connectivity index (χ4v) is 3.81. The predicted octanol–water partition coefficient (Wildman–Crippen LogP) is 4.97. The lowest BCUT2D eigenvalue weighted by molar-refractivity contribution is 0.190. The Bertz CT molecular complexity index is 715. The molecule has 0 unspecified atom stereocenters. The molecule has 1 aliphatic carbocycles. The molecule has 1 fully saturated rings. The molecule has 1 saturated carbocycles. The molecule has 0 spiro atoms. The molecular weight excluding hydrogens is 360 g/mol. The minimum atomic E-state index is -0.315. The Morgan fingerprint density at radius 2 is 1.78 bits per heavy atom. The zero-order chi connectivity index (χ0) is 19.1. The first kappa shape index (κ1) is 19.6. The van der Waals surface area contributed by atoms with E-state index in [1.807, 2.05) is 31.3 Å². The molecule has 1 aliphatic rings. The fourth-order valence-electron chi connectivity index (χ4n) is 3.68. The number of carbonyl (C=O) groups is 1. The second kappa shape index (κ2) is 9.70. The molecule has 1 atom stereocenters. The van der Waals surface area contributed by atoms with Crippen LogP contribution in [-0.2, 0) is 0 Å². The third-order valence-corrected chi connectivity index (χ3v) is 5.44. The van der Waals surface area contributed by atoms with Crippen molar-refractivity contribution in [2.24, 2.45) is 0 Å². The fraction of sp³-hybridized carbons (Fsp3) is 0.476. The highest BCUT2D eigenvalue weighted by atomic mass is 35.5. The summed E-state index contributed by atoms with van der Waals surface area (Å²) in [5.74, 6) is 0. The van der Waals surface area contributed by atoms with E-state index in [1.165, 1.54) is 32.1 Å². The average Bonchev–Trinajstić information content (AvgIpc) is 2.66. The van der Waals surface area contributed by atoms with Gasteiger partial charge in [0.2, 0.25) is 0 Å². The van der Waals surface area contributed by atoms with Crippen molar-refractivity contribution in [3.05, 3.63) is 59.1 Å². The van der Waals surface area contributed by atoms with Crippen molar-refractivity contribution < 1.29 is 4.79 Å². The molecule has 5 nitrogen and oxygen atoms in total. The summed E-state index contributed by atoms with van der Waals surface area (Å²) in [6, 6.07) is 7.38. The molecule has 0 bridgehead atoms. The van der Waals surface area contributed by atoms with E-state index < -0.39 is 0 Å². The van der Waals surface area contributed by atoms with Gasteiger partial charge in [-0.2, -0.15) is 0 Å². The zero-order valence-corrected chi connectivity index (χ0v) is 16.5. The summed E-state index contributed by atoms with van der Waals surface area (Å²) >= 11 is 6.04. The summed E-state index contributed by atoms with van der Waals surface area (Å²) in [5, 5.41) is 3.90. The first-order valence-corrected chi connectivity index (χ1v) is 10.1. The molecular formula is C21H27ClN4O. The van der Waals surface area contributed by atoms with Gasteiger partial charge in [0.1, 0.15) is 6.04 Å². The van der Waals surface area contributed by atoms with Crippen LogP contribution in [0.5, 0.6) is 0 Å². The minimum absolute atomic E-state index is 0.0776. The maximum Gasteiger partial charge on any atom is 0.318 e. The Labute approximate surface area is 166 Å². The molecule has 2 amide bonds. The number of carbonyl (C=O) groups excluding carboxylic acids is 1. The smallest absolute Gasteiger partial charge is 0.318 e. The second-order valence-electron chi connectivity index (χ2n) is 7.19. The van der Waals surface area contributed by atoms with Crippen molar-refractivity contribution in [1.29, 1.82) is 0 Å². The molecule has 1 N–H and O–H groups in total. The normalized spacial score (nSPS) is 16.8. The van der Waals surface area contributed by atoms with E-state index in [2.05, 4.69) is 15.3 Å². The number of urea groups is 1. The number of hydrogen-bond acceptors (Lipinski definition) is 3. The van der Waals surface area contributed by atoms with Crippen LogP contribution >= 0.6 is 11.6 Å². The molecule has 6 heteroatoms. The maximum absolute atomic E-state index is 13.0. The highest BCUT2D eigenvalue weighted by molar-refractivity contribution is 6.30. The third kappa shape index (κ3) is 5.42. The molecule has 1 aromatic heterocycles. The number of benzene rings is 1. The van der Waals surface area contributed by atoms with Crippen LogP contribution in [0.4, 0.5) is 4.79 Å². The number of halogens is 1. The summed E-state index contributed by atoms with van der Waals surface area (Å²) < 4.78 is 0. The van der Waals surface area contributed by atoms with Crippen molar-refractivity contribution >= 4 is 17.6 Å². The molecule has 1 aromatic carbocycles. The topological polar surface area (TPSA) is 58.1 Å². The molecule has 2 aromatic rings. The largest absolute Gasteiger partial charge is 0.335 e. The Morgan fingerprint density at radius 1 is 1.11 bits per heavy atom. The first-order chi connectivity index (χ1) is 13.1. The van der Waals surface area contributed by atoms with E-state index >= 15 is 0 Å². The summed E-state index contributed by atoms with van der Waals surface area (Å²) in [6.07, 6.45) is 13.3. The van der Waals surface area contributed by atoms with E-state index in [1.54, 1.807) is 23.5 Å². The van der Waals surface area contributed by atoms with Crippen LogP contribution in [0.2, 0.25) is 5.02 Å². The lowest BCUT2D eigenvalue weighted by atomic mass is 9.97. The van der Waals surface area contributed by atoms with Crippen LogP contribution in [0.25, 0.3) is 0 Å². The monoisotopic (exact) mass is 386 g/mol. The molecule has 0 radical (unpaired) electrons. The number of nitrogens with one attached hydrogen (secondary N) is 1. The molecule has 0 aliphatic heterocycles. The zero-order valence-electron chi connectivity index (χ0n) is 15.8. The highest BCUT2D eigenvalue weighted by Crippen LogP contribution is 2.27. The number of hydrogen-bond donors (Lipinski definition) is 1. The SMILES string of the molecule is CN(C(=O)NC1CCCCCCC1)[C@H](c1ccc(Cl)cc1)c1cnccn1. The van der Waals surface area contributed by atoms with Crippen LogP contribution < -0.4 is 5.32 Å². The van der Waals surface area contributed by atoms with Gasteiger partial charge in [0, 0.05) is 30.5 Å². The van der Waals surface area contributed by atoms with Crippen molar-refractivity contribution in [1.82, 2.24) is 20.2 Å². The van der Waals surface area contributed by atoms with Gasteiger partial charge in [-0.25, -0.2) is 4.79 Å². The van der Waals surface area contributed by atoms with E-state index in [0.717, 1.165) is 24.1 Å². The van der Waals surface area contributed by atoms with Gasteiger partial charge < -0.3 is 10.2 Å². The van der Waals surface area contributed by atoms with E-state index in [0.29, 0.717) is 5.02 Å².